The van der Waals surface area contributed by atoms with Crippen molar-refractivity contribution in [3.05, 3.63) is 11.6 Å². The second kappa shape index (κ2) is 14.7. The first-order valence-corrected chi connectivity index (χ1v) is 21.0. The number of carboxylic acid groups (broad SMARTS) is 1. The van der Waals surface area contributed by atoms with Gasteiger partial charge < -0.3 is 64.9 Å². The summed E-state index contributed by atoms with van der Waals surface area (Å²) in [5, 5.41) is 93.6. The van der Waals surface area contributed by atoms with Crippen LogP contribution in [-0.2, 0) is 28.5 Å². The summed E-state index contributed by atoms with van der Waals surface area (Å²) in [6, 6.07) is 0. The predicted molar refractivity (Wildman–Crippen MR) is 200 cm³/mol. The summed E-state index contributed by atoms with van der Waals surface area (Å²) in [5.74, 6) is -1.98. The van der Waals surface area contributed by atoms with Crippen molar-refractivity contribution in [2.24, 2.45) is 50.2 Å². The van der Waals surface area contributed by atoms with E-state index < -0.39 is 96.9 Å². The molecule has 0 aromatic heterocycles. The van der Waals surface area contributed by atoms with Gasteiger partial charge in [0.1, 0.15) is 42.7 Å². The Kier molecular flexibility index (Phi) is 11.2. The van der Waals surface area contributed by atoms with Gasteiger partial charge in [-0.25, -0.2) is 4.79 Å². The van der Waals surface area contributed by atoms with E-state index in [9.17, 15) is 55.5 Å². The fraction of sp³-hybridized carbons (Fsp3) is 0.905. The Hall–Kier alpha value is -1.76. The van der Waals surface area contributed by atoms with Gasteiger partial charge >= 0.3 is 11.9 Å². The fourth-order valence-corrected chi connectivity index (χ4v) is 13.6. The maximum atomic E-state index is 14.6. The van der Waals surface area contributed by atoms with Crippen molar-refractivity contribution in [3.8, 4) is 0 Å². The number of aliphatic hydroxyl groups is 8. The van der Waals surface area contributed by atoms with Gasteiger partial charge in [0.15, 0.2) is 12.4 Å². The van der Waals surface area contributed by atoms with Crippen LogP contribution in [0.5, 0.6) is 0 Å². The number of fused-ring (bicyclic) bond motifs is 7. The molecule has 2 heterocycles. The first-order chi connectivity index (χ1) is 26.5. The minimum absolute atomic E-state index is 0.0262. The molecule has 15 nitrogen and oxygen atoms in total. The van der Waals surface area contributed by atoms with Crippen LogP contribution in [0.25, 0.3) is 0 Å². The number of allylic oxidation sites excluding steroid dienone is 2. The zero-order valence-corrected chi connectivity index (χ0v) is 34.1. The monoisotopic (exact) mass is 810 g/mol. The van der Waals surface area contributed by atoms with Crippen molar-refractivity contribution >= 4 is 11.9 Å². The smallest absolute Gasteiger partial charge is 0.335 e. The van der Waals surface area contributed by atoms with Gasteiger partial charge in [-0.3, -0.25) is 4.79 Å². The Balaban J connectivity index is 1.17. The summed E-state index contributed by atoms with van der Waals surface area (Å²) < 4.78 is 23.4. The van der Waals surface area contributed by atoms with Gasteiger partial charge in [-0.05, 0) is 104 Å². The molecule has 2 aliphatic heterocycles. The van der Waals surface area contributed by atoms with E-state index in [1.807, 2.05) is 6.92 Å². The van der Waals surface area contributed by atoms with E-state index in [0.717, 1.165) is 38.5 Å². The standard InChI is InChI=1S/C42H66O15/c1-37(2)13-15-42(36(53)57-34-30(49)27(46)26(45)22(18-43)54-34)16-14-40(5)20(21(42)17-37)7-8-24-38(3)11-10-25(39(4,19-44)23(38)9-12-41(24,40)6)55-35-31(50)28(47)29(48)32(56-35)33(51)52/h7,21-32,34-35,43-50H,8-19H2,1-6H3,(H,51,52)/t21-,22-,23+,24-,25+,26-,27+,28+,29+,30-,31-,32+,34+,35-,38+,39+,40-,41-,42+/m1/s1. The lowest BCUT2D eigenvalue weighted by Gasteiger charge is -2.71. The highest BCUT2D eigenvalue weighted by molar-refractivity contribution is 5.79. The topological polar surface area (TPSA) is 253 Å². The minimum Gasteiger partial charge on any atom is -0.479 e. The molecule has 0 aromatic carbocycles. The molecule has 0 radical (unpaired) electrons. The zero-order chi connectivity index (χ0) is 41.8. The zero-order valence-electron chi connectivity index (χ0n) is 34.1. The van der Waals surface area contributed by atoms with Gasteiger partial charge in [-0.2, -0.15) is 0 Å². The molecule has 19 atom stereocenters. The van der Waals surface area contributed by atoms with Crippen LogP contribution in [0.3, 0.4) is 0 Å². The molecule has 0 unspecified atom stereocenters. The van der Waals surface area contributed by atoms with Crippen molar-refractivity contribution in [1.82, 2.24) is 0 Å². The van der Waals surface area contributed by atoms with Gasteiger partial charge in [0.2, 0.25) is 6.29 Å². The molecule has 9 N–H and O–H groups in total. The van der Waals surface area contributed by atoms with E-state index in [2.05, 4.69) is 40.7 Å². The van der Waals surface area contributed by atoms with E-state index in [1.54, 1.807) is 0 Å². The number of aliphatic hydroxyl groups excluding tert-OH is 8. The van der Waals surface area contributed by atoms with Crippen molar-refractivity contribution < 1.29 is 74.5 Å². The SMILES string of the molecule is CC1(C)CC[C@]2(C(=O)O[C@@H]3O[C@H](CO)[C@@H](O)[C@H](O)[C@H]3O)CC[C@]3(C)C(=CC[C@@H]4[C@@]5(C)CC[C@H](O[C@@H]6O[C@H](C(=O)O)[C@@H](O)[C@H](O)[C@H]6O)[C@@](C)(CO)[C@H]5CC[C@]43C)[C@H]2C1. The second-order valence-electron chi connectivity index (χ2n) is 20.5. The normalized spacial score (nSPS) is 53.3. The maximum Gasteiger partial charge on any atom is 0.335 e. The molecular weight excluding hydrogens is 744 g/mol. The van der Waals surface area contributed by atoms with Gasteiger partial charge in [0.25, 0.3) is 0 Å². The van der Waals surface area contributed by atoms with E-state index in [-0.39, 0.29) is 46.0 Å². The van der Waals surface area contributed by atoms with Crippen LogP contribution in [0.15, 0.2) is 11.6 Å². The van der Waals surface area contributed by atoms with Crippen LogP contribution in [0, 0.1) is 50.2 Å². The predicted octanol–water partition coefficient (Wildman–Crippen LogP) is 1.38. The highest BCUT2D eigenvalue weighted by atomic mass is 16.7. The molecule has 57 heavy (non-hydrogen) atoms. The number of esters is 1. The Morgan fingerprint density at radius 1 is 0.754 bits per heavy atom. The Morgan fingerprint density at radius 3 is 2.05 bits per heavy atom. The van der Waals surface area contributed by atoms with Gasteiger partial charge in [-0.15, -0.1) is 0 Å². The molecule has 0 aromatic rings. The molecule has 5 aliphatic carbocycles. The van der Waals surface area contributed by atoms with Crippen LogP contribution in [0.1, 0.15) is 106 Å². The van der Waals surface area contributed by atoms with Crippen LogP contribution >= 0.6 is 0 Å². The Bertz CT molecular complexity index is 1590. The third-order valence-electron chi connectivity index (χ3n) is 17.3. The first-order valence-electron chi connectivity index (χ1n) is 21.0. The molecule has 0 amide bonds. The number of carbonyl (C=O) groups excluding carboxylic acids is 1. The first kappa shape index (κ1) is 43.3. The van der Waals surface area contributed by atoms with Crippen molar-refractivity contribution in [2.75, 3.05) is 13.2 Å². The van der Waals surface area contributed by atoms with Crippen LogP contribution in [0.4, 0.5) is 0 Å². The largest absolute Gasteiger partial charge is 0.479 e. The van der Waals surface area contributed by atoms with E-state index >= 15 is 0 Å². The molecule has 2 saturated heterocycles. The van der Waals surface area contributed by atoms with Crippen molar-refractivity contribution in [2.45, 2.75) is 173 Å². The Labute approximate surface area is 334 Å². The minimum atomic E-state index is -1.84. The maximum absolute atomic E-state index is 14.6. The average molecular weight is 811 g/mol. The summed E-state index contributed by atoms with van der Waals surface area (Å²) in [7, 11) is 0. The second-order valence-corrected chi connectivity index (χ2v) is 20.5. The molecular formula is C42H66O15. The molecule has 324 valence electrons. The lowest BCUT2D eigenvalue weighted by molar-refractivity contribution is -0.327. The number of ether oxygens (including phenoxy) is 4. The number of hydrogen-bond donors (Lipinski definition) is 9. The number of aliphatic carboxylic acids is 1. The molecule has 7 rings (SSSR count). The lowest BCUT2D eigenvalue weighted by Crippen LogP contribution is -2.67. The highest BCUT2D eigenvalue weighted by Gasteiger charge is 2.70. The molecule has 7 aliphatic rings. The van der Waals surface area contributed by atoms with Gasteiger partial charge in [0, 0.05) is 5.41 Å². The lowest BCUT2D eigenvalue weighted by atomic mass is 9.33. The average Bonchev–Trinajstić information content (AvgIpc) is 3.16. The van der Waals surface area contributed by atoms with E-state index in [1.165, 1.54) is 5.57 Å². The third kappa shape index (κ3) is 6.39. The summed E-state index contributed by atoms with van der Waals surface area (Å²) in [6.07, 6.45) is -7.64. The number of carbonyl (C=O) groups is 2. The Morgan fingerprint density at radius 2 is 1.40 bits per heavy atom. The number of carboxylic acids is 1. The van der Waals surface area contributed by atoms with Crippen molar-refractivity contribution in [3.63, 3.8) is 0 Å². The molecule has 6 fully saturated rings. The van der Waals surface area contributed by atoms with Crippen LogP contribution in [0.2, 0.25) is 0 Å². The van der Waals surface area contributed by atoms with Crippen LogP contribution < -0.4 is 0 Å². The van der Waals surface area contributed by atoms with Crippen LogP contribution in [-0.4, -0.2) is 139 Å². The molecule has 0 bridgehead atoms. The van der Waals surface area contributed by atoms with Gasteiger partial charge in [-0.1, -0.05) is 53.2 Å². The summed E-state index contributed by atoms with van der Waals surface area (Å²) in [4.78, 5) is 26.4. The molecule has 15 heteroatoms. The summed E-state index contributed by atoms with van der Waals surface area (Å²) in [5.41, 5.74) is -1.27. The van der Waals surface area contributed by atoms with Crippen molar-refractivity contribution in [1.29, 1.82) is 0 Å². The number of rotatable bonds is 7. The quantitative estimate of drug-likeness (QED) is 0.100. The van der Waals surface area contributed by atoms with E-state index in [4.69, 9.17) is 18.9 Å². The summed E-state index contributed by atoms with van der Waals surface area (Å²) in [6.45, 7) is 12.6. The molecule has 4 saturated carbocycles. The summed E-state index contributed by atoms with van der Waals surface area (Å²) >= 11 is 0. The number of hydrogen-bond acceptors (Lipinski definition) is 14. The van der Waals surface area contributed by atoms with E-state index in [0.29, 0.717) is 25.7 Å². The fourth-order valence-electron chi connectivity index (χ4n) is 13.6. The molecule has 0 spiro atoms. The highest BCUT2D eigenvalue weighted by Crippen LogP contribution is 2.76. The third-order valence-corrected chi connectivity index (χ3v) is 17.3. The van der Waals surface area contributed by atoms with Gasteiger partial charge in [0.05, 0.1) is 24.7 Å².